The van der Waals surface area contributed by atoms with Crippen molar-refractivity contribution >= 4 is 49.7 Å². The van der Waals surface area contributed by atoms with Crippen molar-refractivity contribution in [2.75, 3.05) is 0 Å². The van der Waals surface area contributed by atoms with Gasteiger partial charge in [0.1, 0.15) is 28.0 Å². The molecule has 3 aromatic heterocycles. The van der Waals surface area contributed by atoms with Crippen molar-refractivity contribution < 1.29 is 8.83 Å². The normalized spacial score (nSPS) is 11.5. The minimum absolute atomic E-state index is 0.599. The molecule has 0 fully saturated rings. The molecule has 0 unspecified atom stereocenters. The molecule has 0 saturated carbocycles. The summed E-state index contributed by atoms with van der Waals surface area (Å²) in [5.74, 6) is 0.640. The lowest BCUT2D eigenvalue weighted by atomic mass is 9.96. The van der Waals surface area contributed by atoms with Gasteiger partial charge in [0.05, 0.1) is 6.57 Å². The number of para-hydroxylation sites is 2. The molecule has 0 spiro atoms. The zero-order valence-electron chi connectivity index (χ0n) is 24.4. The van der Waals surface area contributed by atoms with E-state index in [1.165, 1.54) is 0 Å². The standard InChI is InChI=1S/C41H23N3O2/c1-42-30-20-21-36-34(24-30)32-18-9-17-31(39(32)45-36)28-14-7-12-26(22-28)27-13-8-15-29(23-27)41-43-37(25-10-3-2-4-11-25)40-38(44-41)33-16-5-6-19-35(33)46-40/h2-24H. The van der Waals surface area contributed by atoms with Gasteiger partial charge in [-0.3, -0.25) is 0 Å². The summed E-state index contributed by atoms with van der Waals surface area (Å²) in [6, 6.07) is 46.7. The Kier molecular flexibility index (Phi) is 5.81. The van der Waals surface area contributed by atoms with Gasteiger partial charge in [-0.15, -0.1) is 0 Å². The highest BCUT2D eigenvalue weighted by molar-refractivity contribution is 6.10. The molecule has 9 rings (SSSR count). The first-order valence-corrected chi connectivity index (χ1v) is 15.0. The third-order valence-electron chi connectivity index (χ3n) is 8.50. The summed E-state index contributed by atoms with van der Waals surface area (Å²) >= 11 is 0. The number of aromatic nitrogens is 2. The first kappa shape index (κ1) is 25.9. The van der Waals surface area contributed by atoms with Gasteiger partial charge in [-0.05, 0) is 53.1 Å². The molecule has 0 N–H and O–H groups in total. The Morgan fingerprint density at radius 2 is 1.13 bits per heavy atom. The van der Waals surface area contributed by atoms with Gasteiger partial charge < -0.3 is 8.83 Å². The second-order valence-electron chi connectivity index (χ2n) is 11.3. The summed E-state index contributed by atoms with van der Waals surface area (Å²) in [7, 11) is 0. The molecule has 0 bridgehead atoms. The van der Waals surface area contributed by atoms with Crippen molar-refractivity contribution in [2.45, 2.75) is 0 Å². The van der Waals surface area contributed by atoms with Gasteiger partial charge in [-0.2, -0.15) is 0 Å². The predicted octanol–water partition coefficient (Wildman–Crippen LogP) is 11.5. The maximum absolute atomic E-state index is 7.42. The van der Waals surface area contributed by atoms with Crippen LogP contribution in [0.2, 0.25) is 0 Å². The molecular formula is C41H23N3O2. The van der Waals surface area contributed by atoms with Crippen molar-refractivity contribution in [3.63, 3.8) is 0 Å². The molecule has 0 aliphatic carbocycles. The zero-order valence-corrected chi connectivity index (χ0v) is 24.4. The molecular weight excluding hydrogens is 566 g/mol. The van der Waals surface area contributed by atoms with E-state index in [4.69, 9.17) is 25.4 Å². The number of furan rings is 2. The first-order valence-electron chi connectivity index (χ1n) is 15.0. The fourth-order valence-electron chi connectivity index (χ4n) is 6.30. The van der Waals surface area contributed by atoms with Crippen LogP contribution in [0.5, 0.6) is 0 Å². The molecule has 46 heavy (non-hydrogen) atoms. The van der Waals surface area contributed by atoms with Gasteiger partial charge in [0, 0.05) is 32.8 Å². The molecule has 0 aliphatic rings. The minimum atomic E-state index is 0.599. The fourth-order valence-corrected chi connectivity index (χ4v) is 6.30. The molecule has 0 atom stereocenters. The van der Waals surface area contributed by atoms with E-state index in [1.54, 1.807) is 6.07 Å². The van der Waals surface area contributed by atoms with Crippen LogP contribution in [0.1, 0.15) is 0 Å². The molecule has 3 heterocycles. The molecule has 0 amide bonds. The predicted molar refractivity (Wildman–Crippen MR) is 185 cm³/mol. The number of benzene rings is 6. The monoisotopic (exact) mass is 589 g/mol. The van der Waals surface area contributed by atoms with Crippen molar-refractivity contribution in [3.8, 4) is 44.9 Å². The Labute approximate surface area is 263 Å². The summed E-state index contributed by atoms with van der Waals surface area (Å²) in [5.41, 5.74) is 11.3. The van der Waals surface area contributed by atoms with E-state index in [2.05, 4.69) is 65.5 Å². The first-order chi connectivity index (χ1) is 22.7. The maximum Gasteiger partial charge on any atom is 0.188 e. The van der Waals surface area contributed by atoms with Gasteiger partial charge in [-0.1, -0.05) is 103 Å². The van der Waals surface area contributed by atoms with Gasteiger partial charge in [0.2, 0.25) is 0 Å². The number of fused-ring (bicyclic) bond motifs is 6. The zero-order chi connectivity index (χ0) is 30.6. The van der Waals surface area contributed by atoms with E-state index in [0.717, 1.165) is 77.5 Å². The minimum Gasteiger partial charge on any atom is -0.456 e. The van der Waals surface area contributed by atoms with Gasteiger partial charge in [-0.25, -0.2) is 14.8 Å². The van der Waals surface area contributed by atoms with Crippen molar-refractivity contribution in [3.05, 3.63) is 151 Å². The summed E-state index contributed by atoms with van der Waals surface area (Å²) in [6.07, 6.45) is 0. The van der Waals surface area contributed by atoms with E-state index in [9.17, 15) is 0 Å². The number of nitrogens with zero attached hydrogens (tertiary/aromatic N) is 3. The van der Waals surface area contributed by atoms with Crippen LogP contribution in [-0.4, -0.2) is 9.97 Å². The Bertz CT molecular complexity index is 2660. The van der Waals surface area contributed by atoms with Crippen LogP contribution in [0.3, 0.4) is 0 Å². The molecule has 0 radical (unpaired) electrons. The fraction of sp³-hybridized carbons (Fsp3) is 0. The molecule has 0 aliphatic heterocycles. The average molecular weight is 590 g/mol. The largest absolute Gasteiger partial charge is 0.456 e. The molecule has 9 aromatic rings. The Hall–Kier alpha value is -6.51. The Morgan fingerprint density at radius 1 is 0.478 bits per heavy atom. The van der Waals surface area contributed by atoms with Crippen LogP contribution < -0.4 is 0 Å². The molecule has 0 saturated heterocycles. The van der Waals surface area contributed by atoms with E-state index < -0.39 is 0 Å². The van der Waals surface area contributed by atoms with Crippen molar-refractivity contribution in [2.24, 2.45) is 0 Å². The van der Waals surface area contributed by atoms with Crippen LogP contribution in [0.25, 0.3) is 93.8 Å². The molecule has 5 nitrogen and oxygen atoms in total. The van der Waals surface area contributed by atoms with Crippen LogP contribution in [0, 0.1) is 6.57 Å². The van der Waals surface area contributed by atoms with Crippen LogP contribution in [0.15, 0.2) is 148 Å². The average Bonchev–Trinajstić information content (AvgIpc) is 3.70. The highest BCUT2D eigenvalue weighted by Crippen LogP contribution is 2.39. The van der Waals surface area contributed by atoms with E-state index in [0.29, 0.717) is 17.1 Å². The lowest BCUT2D eigenvalue weighted by molar-refractivity contribution is 0.667. The summed E-state index contributed by atoms with van der Waals surface area (Å²) < 4.78 is 12.6. The third kappa shape index (κ3) is 4.16. The summed E-state index contributed by atoms with van der Waals surface area (Å²) in [4.78, 5) is 13.7. The lowest BCUT2D eigenvalue weighted by Crippen LogP contribution is -1.94. The van der Waals surface area contributed by atoms with Gasteiger partial charge in [0.25, 0.3) is 0 Å². The number of hydrogen-bond acceptors (Lipinski definition) is 4. The quantitative estimate of drug-likeness (QED) is 0.192. The van der Waals surface area contributed by atoms with E-state index >= 15 is 0 Å². The number of rotatable bonds is 4. The third-order valence-corrected chi connectivity index (χ3v) is 8.50. The highest BCUT2D eigenvalue weighted by Gasteiger charge is 2.18. The maximum atomic E-state index is 7.42. The van der Waals surface area contributed by atoms with Gasteiger partial charge >= 0.3 is 0 Å². The molecule has 214 valence electrons. The highest BCUT2D eigenvalue weighted by atomic mass is 16.3. The molecule has 5 heteroatoms. The van der Waals surface area contributed by atoms with E-state index in [1.807, 2.05) is 72.8 Å². The Morgan fingerprint density at radius 3 is 1.98 bits per heavy atom. The van der Waals surface area contributed by atoms with Crippen molar-refractivity contribution in [1.82, 2.24) is 9.97 Å². The smallest absolute Gasteiger partial charge is 0.188 e. The van der Waals surface area contributed by atoms with E-state index in [-0.39, 0.29) is 0 Å². The second-order valence-corrected chi connectivity index (χ2v) is 11.3. The van der Waals surface area contributed by atoms with Gasteiger partial charge in [0.15, 0.2) is 17.1 Å². The summed E-state index contributed by atoms with van der Waals surface area (Å²) in [6.45, 7) is 7.42. The second kappa shape index (κ2) is 10.3. The Balaban J connectivity index is 1.17. The van der Waals surface area contributed by atoms with Crippen molar-refractivity contribution in [1.29, 1.82) is 0 Å². The van der Waals surface area contributed by atoms with Crippen LogP contribution in [-0.2, 0) is 0 Å². The van der Waals surface area contributed by atoms with Crippen LogP contribution in [0.4, 0.5) is 5.69 Å². The SMILES string of the molecule is [C-]#[N+]c1ccc2oc3c(-c4cccc(-c5cccc(-c6nc(-c7ccccc7)c7oc8ccccc8c7n6)c5)c4)cccc3c2c1. The molecule has 6 aromatic carbocycles. The number of hydrogen-bond donors (Lipinski definition) is 0. The summed E-state index contributed by atoms with van der Waals surface area (Å²) in [5, 5.41) is 2.91. The lowest BCUT2D eigenvalue weighted by Gasteiger charge is -2.10. The van der Waals surface area contributed by atoms with Crippen LogP contribution >= 0.6 is 0 Å². The topological polar surface area (TPSA) is 56.4 Å².